The van der Waals surface area contributed by atoms with Crippen LogP contribution in [0.1, 0.15) is 18.4 Å². The molecule has 3 N–H and O–H groups in total. The van der Waals surface area contributed by atoms with Crippen molar-refractivity contribution in [3.05, 3.63) is 35.9 Å². The highest BCUT2D eigenvalue weighted by Crippen LogP contribution is 2.28. The van der Waals surface area contributed by atoms with Crippen LogP contribution in [0.5, 0.6) is 0 Å². The van der Waals surface area contributed by atoms with Crippen LogP contribution in [0, 0.1) is 5.92 Å². The molecule has 1 aliphatic carbocycles. The standard InChI is InChI=1S/C13H18N2O4S/c14-20(17,18)9-11-6-12(7-11)15-13(16)19-8-10-4-2-1-3-5-10/h1-5,11-12H,6-9H2,(H,15,16)(H2,14,17,18). The van der Waals surface area contributed by atoms with Crippen molar-refractivity contribution in [1.82, 2.24) is 5.32 Å². The lowest BCUT2D eigenvalue weighted by Gasteiger charge is -2.34. The summed E-state index contributed by atoms with van der Waals surface area (Å²) in [5.74, 6) is 0.00830. The average molecular weight is 298 g/mol. The molecule has 1 amide bonds. The quantitative estimate of drug-likeness (QED) is 0.846. The molecule has 1 aliphatic rings. The molecule has 1 fully saturated rings. The van der Waals surface area contributed by atoms with E-state index in [1.807, 2.05) is 30.3 Å². The Balaban J connectivity index is 1.65. The smallest absolute Gasteiger partial charge is 0.407 e. The minimum atomic E-state index is -3.43. The van der Waals surface area contributed by atoms with E-state index < -0.39 is 16.1 Å². The molecule has 0 aliphatic heterocycles. The Labute approximate surface area is 118 Å². The normalized spacial score (nSPS) is 21.9. The predicted molar refractivity (Wildman–Crippen MR) is 74.2 cm³/mol. The van der Waals surface area contributed by atoms with Gasteiger partial charge < -0.3 is 10.1 Å². The molecule has 0 atom stereocenters. The molecule has 0 spiro atoms. The van der Waals surface area contributed by atoms with Crippen molar-refractivity contribution >= 4 is 16.1 Å². The van der Waals surface area contributed by atoms with Crippen LogP contribution in [-0.2, 0) is 21.4 Å². The third kappa shape index (κ3) is 4.82. The van der Waals surface area contributed by atoms with Crippen LogP contribution in [-0.4, -0.2) is 26.3 Å². The van der Waals surface area contributed by atoms with Gasteiger partial charge in [0.2, 0.25) is 10.0 Å². The summed E-state index contributed by atoms with van der Waals surface area (Å²) in [5, 5.41) is 7.67. The van der Waals surface area contributed by atoms with Gasteiger partial charge in [0.25, 0.3) is 0 Å². The summed E-state index contributed by atoms with van der Waals surface area (Å²) >= 11 is 0. The minimum absolute atomic E-state index is 0.0231. The summed E-state index contributed by atoms with van der Waals surface area (Å²) in [4.78, 5) is 11.5. The highest BCUT2D eigenvalue weighted by atomic mass is 32.2. The number of sulfonamides is 1. The van der Waals surface area contributed by atoms with Crippen LogP contribution in [0.3, 0.4) is 0 Å². The first-order valence-corrected chi connectivity index (χ1v) is 8.11. The lowest BCUT2D eigenvalue weighted by Crippen LogP contribution is -2.46. The van der Waals surface area contributed by atoms with E-state index in [1.165, 1.54) is 0 Å². The number of rotatable bonds is 5. The zero-order valence-corrected chi connectivity index (χ0v) is 11.8. The first-order chi connectivity index (χ1) is 9.42. The Morgan fingerprint density at radius 1 is 1.30 bits per heavy atom. The summed E-state index contributed by atoms with van der Waals surface area (Å²) < 4.78 is 26.9. The zero-order valence-electron chi connectivity index (χ0n) is 11.0. The number of benzene rings is 1. The van der Waals surface area contributed by atoms with E-state index in [0.29, 0.717) is 12.8 Å². The van der Waals surface area contributed by atoms with Gasteiger partial charge in [-0.2, -0.15) is 0 Å². The van der Waals surface area contributed by atoms with Gasteiger partial charge in [0.1, 0.15) is 6.61 Å². The second kappa shape index (κ2) is 6.23. The summed E-state index contributed by atoms with van der Waals surface area (Å²) in [6.45, 7) is 0.222. The topological polar surface area (TPSA) is 98.5 Å². The van der Waals surface area contributed by atoms with Gasteiger partial charge in [0.15, 0.2) is 0 Å². The van der Waals surface area contributed by atoms with E-state index >= 15 is 0 Å². The minimum Gasteiger partial charge on any atom is -0.445 e. The molecule has 1 aromatic rings. The molecule has 1 aromatic carbocycles. The van der Waals surface area contributed by atoms with Crippen LogP contribution >= 0.6 is 0 Å². The van der Waals surface area contributed by atoms with Gasteiger partial charge in [-0.3, -0.25) is 0 Å². The Morgan fingerprint density at radius 2 is 1.95 bits per heavy atom. The monoisotopic (exact) mass is 298 g/mol. The molecule has 0 unspecified atom stereocenters. The third-order valence-electron chi connectivity index (χ3n) is 3.24. The zero-order chi connectivity index (χ0) is 14.6. The van der Waals surface area contributed by atoms with E-state index in [1.54, 1.807) is 0 Å². The largest absolute Gasteiger partial charge is 0.445 e. The van der Waals surface area contributed by atoms with E-state index in [9.17, 15) is 13.2 Å². The maximum Gasteiger partial charge on any atom is 0.407 e. The van der Waals surface area contributed by atoms with Crippen molar-refractivity contribution in [3.8, 4) is 0 Å². The second-order valence-corrected chi connectivity index (χ2v) is 6.73. The first kappa shape index (κ1) is 14.8. The van der Waals surface area contributed by atoms with Gasteiger partial charge in [-0.15, -0.1) is 0 Å². The lowest BCUT2D eigenvalue weighted by molar-refractivity contribution is 0.124. The van der Waals surface area contributed by atoms with Crippen LogP contribution in [0.25, 0.3) is 0 Å². The fourth-order valence-corrected chi connectivity index (χ4v) is 3.18. The lowest BCUT2D eigenvalue weighted by atomic mass is 9.82. The second-order valence-electron chi connectivity index (χ2n) is 5.07. The van der Waals surface area contributed by atoms with Gasteiger partial charge in [-0.05, 0) is 24.3 Å². The van der Waals surface area contributed by atoms with Crippen molar-refractivity contribution in [2.75, 3.05) is 5.75 Å². The summed E-state index contributed by atoms with van der Waals surface area (Å²) in [5.41, 5.74) is 0.920. The maximum absolute atomic E-state index is 11.5. The van der Waals surface area contributed by atoms with E-state index in [0.717, 1.165) is 5.56 Å². The van der Waals surface area contributed by atoms with Gasteiger partial charge in [-0.1, -0.05) is 30.3 Å². The predicted octanol–water partition coefficient (Wildman–Crippen LogP) is 0.980. The van der Waals surface area contributed by atoms with Crippen molar-refractivity contribution in [2.45, 2.75) is 25.5 Å². The molecule has 2 rings (SSSR count). The SMILES string of the molecule is NS(=O)(=O)CC1CC(NC(=O)OCc2ccccc2)C1. The van der Waals surface area contributed by atoms with Crippen molar-refractivity contribution in [1.29, 1.82) is 0 Å². The molecule has 6 nitrogen and oxygen atoms in total. The molecular weight excluding hydrogens is 280 g/mol. The number of hydrogen-bond acceptors (Lipinski definition) is 4. The fraction of sp³-hybridized carbons (Fsp3) is 0.462. The molecular formula is C13H18N2O4S. The Hall–Kier alpha value is -1.60. The average Bonchev–Trinajstić information content (AvgIpc) is 2.33. The number of nitrogens with two attached hydrogens (primary N) is 1. The molecule has 0 bridgehead atoms. The summed E-state index contributed by atoms with van der Waals surface area (Å²) in [7, 11) is -3.43. The molecule has 110 valence electrons. The van der Waals surface area contributed by atoms with Gasteiger partial charge >= 0.3 is 6.09 Å². The van der Waals surface area contributed by atoms with Crippen LogP contribution in [0.15, 0.2) is 30.3 Å². The van der Waals surface area contributed by atoms with Crippen LogP contribution in [0.2, 0.25) is 0 Å². The van der Waals surface area contributed by atoms with Gasteiger partial charge in [-0.25, -0.2) is 18.4 Å². The molecule has 0 heterocycles. The molecule has 0 aromatic heterocycles. The van der Waals surface area contributed by atoms with Crippen LogP contribution in [0.4, 0.5) is 4.79 Å². The van der Waals surface area contributed by atoms with Crippen LogP contribution < -0.4 is 10.5 Å². The molecule has 0 saturated heterocycles. The molecule has 0 radical (unpaired) electrons. The summed E-state index contributed by atoms with van der Waals surface area (Å²) in [6.07, 6.45) is 0.765. The highest BCUT2D eigenvalue weighted by molar-refractivity contribution is 7.89. The molecule has 1 saturated carbocycles. The first-order valence-electron chi connectivity index (χ1n) is 6.40. The van der Waals surface area contributed by atoms with E-state index in [2.05, 4.69) is 5.32 Å². The fourth-order valence-electron chi connectivity index (χ4n) is 2.25. The van der Waals surface area contributed by atoms with Gasteiger partial charge in [0, 0.05) is 6.04 Å². The Bertz CT molecular complexity index is 553. The number of carbonyl (C=O) groups is 1. The van der Waals surface area contributed by atoms with Crippen molar-refractivity contribution in [2.24, 2.45) is 11.1 Å². The number of primary sulfonamides is 1. The van der Waals surface area contributed by atoms with E-state index in [4.69, 9.17) is 9.88 Å². The number of ether oxygens (including phenoxy) is 1. The number of amides is 1. The Morgan fingerprint density at radius 3 is 2.55 bits per heavy atom. The van der Waals surface area contributed by atoms with Crippen molar-refractivity contribution in [3.63, 3.8) is 0 Å². The van der Waals surface area contributed by atoms with Gasteiger partial charge in [0.05, 0.1) is 5.75 Å². The van der Waals surface area contributed by atoms with E-state index in [-0.39, 0.29) is 24.3 Å². The Kier molecular flexibility index (Phi) is 4.61. The highest BCUT2D eigenvalue weighted by Gasteiger charge is 2.32. The number of carbonyl (C=O) groups excluding carboxylic acids is 1. The number of hydrogen-bond donors (Lipinski definition) is 2. The molecule has 7 heteroatoms. The third-order valence-corrected chi connectivity index (χ3v) is 4.17. The van der Waals surface area contributed by atoms with Crippen molar-refractivity contribution < 1.29 is 17.9 Å². The number of nitrogens with one attached hydrogen (secondary N) is 1. The molecule has 20 heavy (non-hydrogen) atoms. The maximum atomic E-state index is 11.5. The number of alkyl carbamates (subject to hydrolysis) is 1. The summed E-state index contributed by atoms with van der Waals surface area (Å²) in [6, 6.07) is 9.37.